The summed E-state index contributed by atoms with van der Waals surface area (Å²) in [6.45, 7) is 9.26. The van der Waals surface area contributed by atoms with E-state index in [4.69, 9.17) is 0 Å². The van der Waals surface area contributed by atoms with Crippen LogP contribution in [0, 0.1) is 0 Å². The summed E-state index contributed by atoms with van der Waals surface area (Å²) in [5.41, 5.74) is 0.289. The molecular weight excluding hydrogens is 124 g/mol. The number of hydrogen-bond donors (Lipinski definition) is 2. The van der Waals surface area contributed by atoms with E-state index >= 15 is 0 Å². The maximum atomic E-state index is 3.82. The first-order valence-electron chi connectivity index (χ1n) is 3.93. The van der Waals surface area contributed by atoms with E-state index in [2.05, 4.69) is 31.1 Å². The van der Waals surface area contributed by atoms with Crippen molar-refractivity contribution in [1.82, 2.24) is 10.6 Å². The van der Waals surface area contributed by atoms with Crippen LogP contribution >= 0.6 is 0 Å². The molecule has 1 heterocycles. The first-order chi connectivity index (χ1) is 4.72. The average Bonchev–Trinajstić information content (AvgIpc) is 2.33. The van der Waals surface area contributed by atoms with Crippen LogP contribution in [-0.2, 0) is 0 Å². The summed E-state index contributed by atoms with van der Waals surface area (Å²) in [5.74, 6) is 0.976. The van der Waals surface area contributed by atoms with E-state index in [9.17, 15) is 0 Å². The molecule has 0 bridgehead atoms. The van der Waals surface area contributed by atoms with Crippen LogP contribution in [-0.4, -0.2) is 12.1 Å². The van der Waals surface area contributed by atoms with E-state index in [1.165, 1.54) is 0 Å². The van der Waals surface area contributed by atoms with E-state index in [1.807, 2.05) is 0 Å². The number of rotatable bonds is 2. The van der Waals surface area contributed by atoms with Gasteiger partial charge in [0.1, 0.15) is 0 Å². The maximum Gasteiger partial charge on any atom is 0.0918 e. The summed E-state index contributed by atoms with van der Waals surface area (Å²) in [5, 5.41) is 6.57. The van der Waals surface area contributed by atoms with Gasteiger partial charge in [-0.05, 0) is 12.8 Å². The standard InChI is InChI=1S/C8H16N2/c1-4-8(5-2)6-9-7(3)10-8/h9-10H,3-6H2,1-2H3. The molecule has 0 unspecified atom stereocenters. The van der Waals surface area contributed by atoms with Crippen molar-refractivity contribution >= 4 is 0 Å². The summed E-state index contributed by atoms with van der Waals surface area (Å²) in [4.78, 5) is 0. The number of nitrogens with one attached hydrogen (secondary N) is 2. The lowest BCUT2D eigenvalue weighted by Gasteiger charge is -2.24. The van der Waals surface area contributed by atoms with Gasteiger partial charge in [0, 0.05) is 6.54 Å². The Labute approximate surface area is 62.7 Å². The van der Waals surface area contributed by atoms with Gasteiger partial charge in [-0.15, -0.1) is 0 Å². The van der Waals surface area contributed by atoms with Crippen molar-refractivity contribution in [2.75, 3.05) is 6.54 Å². The van der Waals surface area contributed by atoms with Crippen LogP contribution < -0.4 is 10.6 Å². The molecule has 0 radical (unpaired) electrons. The third-order valence-electron chi connectivity index (χ3n) is 2.41. The summed E-state index contributed by atoms with van der Waals surface area (Å²) < 4.78 is 0. The van der Waals surface area contributed by atoms with Crippen molar-refractivity contribution in [3.63, 3.8) is 0 Å². The highest BCUT2D eigenvalue weighted by Crippen LogP contribution is 2.19. The lowest BCUT2D eigenvalue weighted by molar-refractivity contribution is 0.379. The Hall–Kier alpha value is -0.660. The van der Waals surface area contributed by atoms with Crippen molar-refractivity contribution in [2.24, 2.45) is 0 Å². The van der Waals surface area contributed by atoms with Crippen LogP contribution in [0.4, 0.5) is 0 Å². The molecule has 0 aliphatic carbocycles. The minimum Gasteiger partial charge on any atom is -0.370 e. The van der Waals surface area contributed by atoms with E-state index in [-0.39, 0.29) is 5.54 Å². The fourth-order valence-corrected chi connectivity index (χ4v) is 1.36. The van der Waals surface area contributed by atoms with Gasteiger partial charge in [0.25, 0.3) is 0 Å². The first-order valence-corrected chi connectivity index (χ1v) is 3.93. The second-order valence-corrected chi connectivity index (χ2v) is 2.94. The minimum absolute atomic E-state index is 0.289. The Kier molecular flexibility index (Phi) is 1.88. The van der Waals surface area contributed by atoms with Crippen LogP contribution in [0.5, 0.6) is 0 Å². The summed E-state index contributed by atoms with van der Waals surface area (Å²) in [7, 11) is 0. The Morgan fingerprint density at radius 3 is 2.30 bits per heavy atom. The molecule has 0 spiro atoms. The van der Waals surface area contributed by atoms with Gasteiger partial charge in [-0.3, -0.25) is 0 Å². The Morgan fingerprint density at radius 2 is 2.10 bits per heavy atom. The highest BCUT2D eigenvalue weighted by atomic mass is 15.2. The van der Waals surface area contributed by atoms with Gasteiger partial charge in [-0.25, -0.2) is 0 Å². The van der Waals surface area contributed by atoms with E-state index in [0.717, 1.165) is 25.2 Å². The molecule has 1 saturated heterocycles. The predicted molar refractivity (Wildman–Crippen MR) is 43.6 cm³/mol. The Morgan fingerprint density at radius 1 is 1.50 bits per heavy atom. The van der Waals surface area contributed by atoms with Crippen molar-refractivity contribution in [2.45, 2.75) is 32.2 Å². The third-order valence-corrected chi connectivity index (χ3v) is 2.41. The molecule has 0 aromatic heterocycles. The molecule has 0 amide bonds. The average molecular weight is 140 g/mol. The maximum absolute atomic E-state index is 3.82. The Balaban J connectivity index is 2.59. The molecule has 1 fully saturated rings. The SMILES string of the molecule is C=C1NCC(CC)(CC)N1. The quantitative estimate of drug-likeness (QED) is 0.602. The minimum atomic E-state index is 0.289. The molecule has 0 saturated carbocycles. The fraction of sp³-hybridized carbons (Fsp3) is 0.750. The first kappa shape index (κ1) is 7.45. The van der Waals surface area contributed by atoms with Crippen LogP contribution in [0.1, 0.15) is 26.7 Å². The summed E-state index contributed by atoms with van der Waals surface area (Å²) in [6, 6.07) is 0. The highest BCUT2D eigenvalue weighted by Gasteiger charge is 2.30. The van der Waals surface area contributed by atoms with Crippen LogP contribution in [0.2, 0.25) is 0 Å². The lowest BCUT2D eigenvalue weighted by Crippen LogP contribution is -2.40. The molecular formula is C8H16N2. The van der Waals surface area contributed by atoms with Gasteiger partial charge in [0.05, 0.1) is 11.4 Å². The largest absolute Gasteiger partial charge is 0.370 e. The normalized spacial score (nSPS) is 22.0. The van der Waals surface area contributed by atoms with E-state index < -0.39 is 0 Å². The van der Waals surface area contributed by atoms with E-state index in [0.29, 0.717) is 0 Å². The molecule has 10 heavy (non-hydrogen) atoms. The molecule has 0 aromatic carbocycles. The fourth-order valence-electron chi connectivity index (χ4n) is 1.36. The molecule has 2 heteroatoms. The summed E-state index contributed by atoms with van der Waals surface area (Å²) in [6.07, 6.45) is 2.32. The number of hydrogen-bond acceptors (Lipinski definition) is 2. The van der Waals surface area contributed by atoms with E-state index in [1.54, 1.807) is 0 Å². The van der Waals surface area contributed by atoms with Crippen LogP contribution in [0.25, 0.3) is 0 Å². The van der Waals surface area contributed by atoms with Crippen molar-refractivity contribution in [1.29, 1.82) is 0 Å². The lowest BCUT2D eigenvalue weighted by atomic mass is 9.94. The molecule has 0 aromatic rings. The zero-order valence-electron chi connectivity index (χ0n) is 6.83. The smallest absolute Gasteiger partial charge is 0.0918 e. The van der Waals surface area contributed by atoms with Gasteiger partial charge in [0.15, 0.2) is 0 Å². The van der Waals surface area contributed by atoms with Gasteiger partial charge >= 0.3 is 0 Å². The molecule has 1 aliphatic heterocycles. The van der Waals surface area contributed by atoms with Crippen molar-refractivity contribution in [3.05, 3.63) is 12.4 Å². The molecule has 0 atom stereocenters. The molecule has 2 nitrogen and oxygen atoms in total. The van der Waals surface area contributed by atoms with Gasteiger partial charge in [-0.2, -0.15) is 0 Å². The molecule has 58 valence electrons. The van der Waals surface area contributed by atoms with Crippen molar-refractivity contribution in [3.8, 4) is 0 Å². The topological polar surface area (TPSA) is 24.1 Å². The second-order valence-electron chi connectivity index (χ2n) is 2.94. The van der Waals surface area contributed by atoms with Gasteiger partial charge < -0.3 is 10.6 Å². The second kappa shape index (κ2) is 2.52. The highest BCUT2D eigenvalue weighted by molar-refractivity contribution is 5.07. The zero-order valence-corrected chi connectivity index (χ0v) is 6.83. The zero-order chi connectivity index (χ0) is 7.61. The van der Waals surface area contributed by atoms with Gasteiger partial charge in [0.2, 0.25) is 0 Å². The molecule has 1 aliphatic rings. The predicted octanol–water partition coefficient (Wildman–Crippen LogP) is 1.21. The van der Waals surface area contributed by atoms with Crippen LogP contribution in [0.15, 0.2) is 12.4 Å². The molecule has 2 N–H and O–H groups in total. The van der Waals surface area contributed by atoms with Crippen molar-refractivity contribution < 1.29 is 0 Å². The van der Waals surface area contributed by atoms with Gasteiger partial charge in [-0.1, -0.05) is 20.4 Å². The monoisotopic (exact) mass is 140 g/mol. The summed E-state index contributed by atoms with van der Waals surface area (Å²) >= 11 is 0. The third kappa shape index (κ3) is 1.11. The Bertz CT molecular complexity index is 136. The molecule has 1 rings (SSSR count). The van der Waals surface area contributed by atoms with Crippen LogP contribution in [0.3, 0.4) is 0 Å².